The maximum absolute atomic E-state index is 12.1. The van der Waals surface area contributed by atoms with Gasteiger partial charge in [0.2, 0.25) is 0 Å². The molecule has 0 saturated heterocycles. The summed E-state index contributed by atoms with van der Waals surface area (Å²) in [5.41, 5.74) is 3.23. The minimum Gasteiger partial charge on any atom is -0.383 e. The molecule has 1 atom stereocenters. The number of nitriles is 1. The highest BCUT2D eigenvalue weighted by molar-refractivity contribution is 6.01. The quantitative estimate of drug-likeness (QED) is 0.622. The maximum atomic E-state index is 12.1. The number of nitrogens with one attached hydrogen (secondary N) is 1. The van der Waals surface area contributed by atoms with E-state index >= 15 is 0 Å². The van der Waals surface area contributed by atoms with Crippen LogP contribution in [0.1, 0.15) is 37.2 Å². The molecule has 0 saturated carbocycles. The Kier molecular flexibility index (Phi) is 6.87. The van der Waals surface area contributed by atoms with Crippen molar-refractivity contribution in [3.8, 4) is 6.07 Å². The minimum absolute atomic E-state index is 0.111. The molecule has 5 nitrogen and oxygen atoms in total. The molecule has 0 fully saturated rings. The second kappa shape index (κ2) is 8.40. The molecule has 1 aromatic rings. The number of hydrogen-bond donors (Lipinski definition) is 1. The molecule has 0 aliphatic rings. The first kappa shape index (κ1) is 18.0. The third kappa shape index (κ3) is 4.47. The topological polar surface area (TPSA) is 67.0 Å². The highest BCUT2D eigenvalue weighted by atomic mass is 16.5. The van der Waals surface area contributed by atoms with Crippen LogP contribution in [-0.4, -0.2) is 30.2 Å². The summed E-state index contributed by atoms with van der Waals surface area (Å²) in [4.78, 5) is 12.1. The van der Waals surface area contributed by atoms with Crippen LogP contribution < -0.4 is 5.32 Å². The second-order valence-corrected chi connectivity index (χ2v) is 5.48. The maximum Gasteiger partial charge on any atom is 0.262 e. The second-order valence-electron chi connectivity index (χ2n) is 5.48. The number of carbonyl (C=O) groups excluding carboxylic acids is 1. The van der Waals surface area contributed by atoms with Crippen molar-refractivity contribution in [3.63, 3.8) is 0 Å². The molecular formula is C17H25N3O2. The molecule has 1 N–H and O–H groups in total. The smallest absolute Gasteiger partial charge is 0.262 e. The predicted molar refractivity (Wildman–Crippen MR) is 87.3 cm³/mol. The van der Waals surface area contributed by atoms with E-state index < -0.39 is 0 Å². The molecule has 1 amide bonds. The molecule has 1 unspecified atom stereocenters. The molecule has 120 valence electrons. The molecule has 5 heteroatoms. The van der Waals surface area contributed by atoms with Gasteiger partial charge in [0.15, 0.2) is 0 Å². The lowest BCUT2D eigenvalue weighted by molar-refractivity contribution is -0.117. The average molecular weight is 303 g/mol. The Morgan fingerprint density at radius 1 is 1.55 bits per heavy atom. The number of nitrogens with zero attached hydrogens (tertiary/aromatic N) is 2. The highest BCUT2D eigenvalue weighted by Crippen LogP contribution is 2.18. The van der Waals surface area contributed by atoms with Crippen LogP contribution in [0.25, 0.3) is 6.08 Å². The van der Waals surface area contributed by atoms with E-state index in [4.69, 9.17) is 4.74 Å². The monoisotopic (exact) mass is 303 g/mol. The van der Waals surface area contributed by atoms with E-state index in [9.17, 15) is 10.1 Å². The largest absolute Gasteiger partial charge is 0.383 e. The first-order chi connectivity index (χ1) is 10.4. The number of carbonyl (C=O) groups is 1. The van der Waals surface area contributed by atoms with Crippen LogP contribution in [-0.2, 0) is 16.1 Å². The van der Waals surface area contributed by atoms with Gasteiger partial charge in [-0.25, -0.2) is 0 Å². The zero-order valence-corrected chi connectivity index (χ0v) is 14.1. The van der Waals surface area contributed by atoms with Crippen molar-refractivity contribution in [2.24, 2.45) is 0 Å². The fraction of sp³-hybridized carbons (Fsp3) is 0.529. The summed E-state index contributed by atoms with van der Waals surface area (Å²) in [6.45, 7) is 9.35. The van der Waals surface area contributed by atoms with Gasteiger partial charge in [-0.3, -0.25) is 4.79 Å². The van der Waals surface area contributed by atoms with Crippen molar-refractivity contribution in [2.75, 3.05) is 13.7 Å². The summed E-state index contributed by atoms with van der Waals surface area (Å²) >= 11 is 0. The van der Waals surface area contributed by atoms with E-state index in [1.807, 2.05) is 32.9 Å². The van der Waals surface area contributed by atoms with Crippen LogP contribution in [0.15, 0.2) is 11.6 Å². The van der Waals surface area contributed by atoms with Crippen molar-refractivity contribution < 1.29 is 9.53 Å². The van der Waals surface area contributed by atoms with Crippen LogP contribution in [0.4, 0.5) is 0 Å². The SMILES string of the molecule is CCCn1c(C)cc(/C=C(/C#N)C(=O)NC(C)COC)c1C. The van der Waals surface area contributed by atoms with E-state index in [0.29, 0.717) is 6.61 Å². The van der Waals surface area contributed by atoms with E-state index in [-0.39, 0.29) is 17.5 Å². The zero-order valence-electron chi connectivity index (χ0n) is 14.1. The standard InChI is InChI=1S/C17H25N3O2/c1-6-7-20-13(3)8-15(14(20)4)9-16(10-18)17(21)19-12(2)11-22-5/h8-9,12H,6-7,11H2,1-5H3,(H,19,21)/b16-9-. The number of aromatic nitrogens is 1. The zero-order chi connectivity index (χ0) is 16.7. The van der Waals surface area contributed by atoms with E-state index in [1.165, 1.54) is 0 Å². The molecule has 22 heavy (non-hydrogen) atoms. The summed E-state index contributed by atoms with van der Waals surface area (Å²) in [7, 11) is 1.58. The van der Waals surface area contributed by atoms with Gasteiger partial charge in [-0.15, -0.1) is 0 Å². The number of hydrogen-bond acceptors (Lipinski definition) is 3. The van der Waals surface area contributed by atoms with Gasteiger partial charge in [0.25, 0.3) is 5.91 Å². The van der Waals surface area contributed by atoms with Crippen LogP contribution in [0.3, 0.4) is 0 Å². The lowest BCUT2D eigenvalue weighted by Crippen LogP contribution is -2.36. The molecule has 0 aromatic carbocycles. The third-order valence-corrected chi connectivity index (χ3v) is 3.52. The Bertz CT molecular complexity index is 594. The van der Waals surface area contributed by atoms with Crippen molar-refractivity contribution in [2.45, 2.75) is 46.7 Å². The normalized spacial score (nSPS) is 12.8. The van der Waals surface area contributed by atoms with Crippen molar-refractivity contribution in [1.82, 2.24) is 9.88 Å². The average Bonchev–Trinajstić information content (AvgIpc) is 2.72. The van der Waals surface area contributed by atoms with Crippen molar-refractivity contribution >= 4 is 12.0 Å². The lowest BCUT2D eigenvalue weighted by atomic mass is 10.1. The molecule has 0 spiro atoms. The van der Waals surface area contributed by atoms with Gasteiger partial charge in [0.05, 0.1) is 6.61 Å². The summed E-state index contributed by atoms with van der Waals surface area (Å²) in [6, 6.07) is 3.86. The summed E-state index contributed by atoms with van der Waals surface area (Å²) < 4.78 is 7.18. The molecule has 0 radical (unpaired) electrons. The Hall–Kier alpha value is -2.06. The van der Waals surface area contributed by atoms with E-state index in [1.54, 1.807) is 13.2 Å². The number of rotatable bonds is 7. The Morgan fingerprint density at radius 3 is 2.77 bits per heavy atom. The molecule has 1 rings (SSSR count). The summed E-state index contributed by atoms with van der Waals surface area (Å²) in [6.07, 6.45) is 2.70. The predicted octanol–water partition coefficient (Wildman–Crippen LogP) is 2.57. The highest BCUT2D eigenvalue weighted by Gasteiger charge is 2.14. The van der Waals surface area contributed by atoms with Gasteiger partial charge in [-0.2, -0.15) is 5.26 Å². The molecule has 0 aliphatic carbocycles. The fourth-order valence-corrected chi connectivity index (χ4v) is 2.44. The van der Waals surface area contributed by atoms with Gasteiger partial charge in [-0.05, 0) is 44.9 Å². The van der Waals surface area contributed by atoms with Gasteiger partial charge in [0, 0.05) is 31.1 Å². The first-order valence-electron chi connectivity index (χ1n) is 7.52. The number of ether oxygens (including phenoxy) is 1. The van der Waals surface area contributed by atoms with E-state index in [2.05, 4.69) is 16.8 Å². The summed E-state index contributed by atoms with van der Waals surface area (Å²) in [5.74, 6) is -0.368. The molecule has 0 aliphatic heterocycles. The Morgan fingerprint density at radius 2 is 2.23 bits per heavy atom. The van der Waals surface area contributed by atoms with Crippen molar-refractivity contribution in [1.29, 1.82) is 5.26 Å². The first-order valence-corrected chi connectivity index (χ1v) is 7.52. The van der Waals surface area contributed by atoms with Crippen LogP contribution in [0.2, 0.25) is 0 Å². The summed E-state index contributed by atoms with van der Waals surface area (Å²) in [5, 5.41) is 12.0. The number of amides is 1. The third-order valence-electron chi connectivity index (χ3n) is 3.52. The lowest BCUT2D eigenvalue weighted by Gasteiger charge is -2.12. The fourth-order valence-electron chi connectivity index (χ4n) is 2.44. The Labute approximate surface area is 132 Å². The number of methoxy groups -OCH3 is 1. The van der Waals surface area contributed by atoms with Crippen molar-refractivity contribution in [3.05, 3.63) is 28.6 Å². The van der Waals surface area contributed by atoms with Gasteiger partial charge >= 0.3 is 0 Å². The molecule has 1 heterocycles. The van der Waals surface area contributed by atoms with Crippen LogP contribution in [0, 0.1) is 25.2 Å². The molecule has 0 bridgehead atoms. The van der Waals surface area contributed by atoms with Crippen LogP contribution in [0.5, 0.6) is 0 Å². The molecular weight excluding hydrogens is 278 g/mol. The van der Waals surface area contributed by atoms with Gasteiger partial charge < -0.3 is 14.6 Å². The van der Waals surface area contributed by atoms with E-state index in [0.717, 1.165) is 29.9 Å². The Balaban J connectivity index is 3.00. The minimum atomic E-state index is -0.368. The van der Waals surface area contributed by atoms with Gasteiger partial charge in [-0.1, -0.05) is 6.92 Å². The van der Waals surface area contributed by atoms with Crippen LogP contribution >= 0.6 is 0 Å². The van der Waals surface area contributed by atoms with Gasteiger partial charge in [0.1, 0.15) is 11.6 Å². The molecule has 1 aromatic heterocycles. The number of aryl methyl sites for hydroxylation is 1.